The van der Waals surface area contributed by atoms with Gasteiger partial charge in [-0.3, -0.25) is 0 Å². The highest BCUT2D eigenvalue weighted by molar-refractivity contribution is 4.89. The first-order valence-corrected chi connectivity index (χ1v) is 4.25. The van der Waals surface area contributed by atoms with Crippen LogP contribution in [0, 0.1) is 0 Å². The van der Waals surface area contributed by atoms with Crippen molar-refractivity contribution in [3.8, 4) is 0 Å². The highest BCUT2D eigenvalue weighted by atomic mass is 19.1. The molecule has 2 nitrogen and oxygen atoms in total. The molecular weight excluding hydrogens is 145 g/mol. The minimum atomic E-state index is -1.23. The van der Waals surface area contributed by atoms with Gasteiger partial charge in [0, 0.05) is 6.54 Å². The summed E-state index contributed by atoms with van der Waals surface area (Å²) in [4.78, 5) is 0. The lowest BCUT2D eigenvalue weighted by atomic mass is 9.93. The maximum Gasteiger partial charge on any atom is 0.130 e. The number of halogens is 1. The molecule has 1 aliphatic carbocycles. The number of nitrogens with two attached hydrogens (primary N) is 1. The van der Waals surface area contributed by atoms with E-state index in [4.69, 9.17) is 5.73 Å². The van der Waals surface area contributed by atoms with Gasteiger partial charge in [-0.05, 0) is 12.8 Å². The van der Waals surface area contributed by atoms with Gasteiger partial charge in [-0.15, -0.1) is 0 Å². The van der Waals surface area contributed by atoms with Crippen molar-refractivity contribution in [2.24, 2.45) is 5.73 Å². The van der Waals surface area contributed by atoms with E-state index in [1.807, 2.05) is 0 Å². The first-order chi connectivity index (χ1) is 5.19. The Hall–Kier alpha value is -0.150. The Balaban J connectivity index is 2.58. The Morgan fingerprint density at radius 1 is 1.45 bits per heavy atom. The minimum absolute atomic E-state index is 0.0498. The zero-order valence-electron chi connectivity index (χ0n) is 6.72. The van der Waals surface area contributed by atoms with E-state index in [0.717, 1.165) is 19.3 Å². The fraction of sp³-hybridized carbons (Fsp3) is 1.00. The molecule has 1 fully saturated rings. The average Bonchev–Trinajstić information content (AvgIpc) is 2.16. The molecule has 1 rings (SSSR count). The summed E-state index contributed by atoms with van der Waals surface area (Å²) < 4.78 is 13.2. The van der Waals surface area contributed by atoms with E-state index in [9.17, 15) is 9.50 Å². The summed E-state index contributed by atoms with van der Waals surface area (Å²) in [5.74, 6) is 0. The van der Waals surface area contributed by atoms with Crippen LogP contribution >= 0.6 is 0 Å². The second-order valence-electron chi connectivity index (χ2n) is 3.37. The van der Waals surface area contributed by atoms with Gasteiger partial charge in [0.15, 0.2) is 0 Å². The fourth-order valence-corrected chi connectivity index (χ4v) is 1.59. The molecule has 0 radical (unpaired) electrons. The zero-order valence-corrected chi connectivity index (χ0v) is 6.72. The summed E-state index contributed by atoms with van der Waals surface area (Å²) in [6.07, 6.45) is 2.66. The topological polar surface area (TPSA) is 46.2 Å². The van der Waals surface area contributed by atoms with E-state index in [1.54, 1.807) is 0 Å². The molecule has 0 bridgehead atoms. The van der Waals surface area contributed by atoms with Gasteiger partial charge >= 0.3 is 0 Å². The Morgan fingerprint density at radius 2 is 2.18 bits per heavy atom. The Kier molecular flexibility index (Phi) is 2.84. The van der Waals surface area contributed by atoms with Crippen molar-refractivity contribution in [3.05, 3.63) is 0 Å². The predicted molar refractivity (Wildman–Crippen MR) is 42.0 cm³/mol. The second-order valence-corrected chi connectivity index (χ2v) is 3.37. The van der Waals surface area contributed by atoms with Gasteiger partial charge in [-0.1, -0.05) is 19.3 Å². The third-order valence-corrected chi connectivity index (χ3v) is 2.50. The quantitative estimate of drug-likeness (QED) is 0.563. The van der Waals surface area contributed by atoms with Crippen LogP contribution in [-0.2, 0) is 0 Å². The summed E-state index contributed by atoms with van der Waals surface area (Å²) >= 11 is 0. The number of rotatable bonds is 1. The Morgan fingerprint density at radius 3 is 2.82 bits per heavy atom. The first kappa shape index (κ1) is 8.94. The van der Waals surface area contributed by atoms with Crippen molar-refractivity contribution in [3.63, 3.8) is 0 Å². The molecule has 0 saturated heterocycles. The van der Waals surface area contributed by atoms with Crippen LogP contribution in [0.25, 0.3) is 0 Å². The van der Waals surface area contributed by atoms with Crippen molar-refractivity contribution in [1.29, 1.82) is 0 Å². The van der Waals surface area contributed by atoms with Crippen LogP contribution in [0.5, 0.6) is 0 Å². The van der Waals surface area contributed by atoms with Crippen LogP contribution in [0.1, 0.15) is 32.1 Å². The molecule has 11 heavy (non-hydrogen) atoms. The van der Waals surface area contributed by atoms with Gasteiger partial charge in [0.25, 0.3) is 0 Å². The molecule has 1 aliphatic rings. The monoisotopic (exact) mass is 161 g/mol. The van der Waals surface area contributed by atoms with Gasteiger partial charge in [0.1, 0.15) is 11.8 Å². The molecule has 0 aromatic heterocycles. The number of hydrogen-bond donors (Lipinski definition) is 2. The lowest BCUT2D eigenvalue weighted by molar-refractivity contribution is -0.0324. The number of alkyl halides is 1. The third kappa shape index (κ3) is 1.91. The molecule has 0 aliphatic heterocycles. The average molecular weight is 161 g/mol. The SMILES string of the molecule is NCC1(O)CCCCCC1F. The number of hydrogen-bond acceptors (Lipinski definition) is 2. The van der Waals surface area contributed by atoms with Crippen molar-refractivity contribution in [2.75, 3.05) is 6.54 Å². The lowest BCUT2D eigenvalue weighted by Gasteiger charge is -2.27. The van der Waals surface area contributed by atoms with Crippen LogP contribution < -0.4 is 5.73 Å². The summed E-state index contributed by atoms with van der Waals surface area (Å²) in [6.45, 7) is 0.0498. The van der Waals surface area contributed by atoms with E-state index in [2.05, 4.69) is 0 Å². The fourth-order valence-electron chi connectivity index (χ4n) is 1.59. The largest absolute Gasteiger partial charge is 0.386 e. The van der Waals surface area contributed by atoms with Crippen LogP contribution in [-0.4, -0.2) is 23.4 Å². The molecular formula is C8H16FNO. The first-order valence-electron chi connectivity index (χ1n) is 4.25. The maximum atomic E-state index is 13.2. The van der Waals surface area contributed by atoms with Crippen molar-refractivity contribution >= 4 is 0 Å². The molecule has 3 heteroatoms. The highest BCUT2D eigenvalue weighted by Gasteiger charge is 2.36. The molecule has 0 spiro atoms. The van der Waals surface area contributed by atoms with Gasteiger partial charge in [-0.25, -0.2) is 4.39 Å². The Labute approximate surface area is 66.6 Å². The van der Waals surface area contributed by atoms with Gasteiger partial charge in [0.2, 0.25) is 0 Å². The van der Waals surface area contributed by atoms with Crippen LogP contribution in [0.2, 0.25) is 0 Å². The summed E-state index contributed by atoms with van der Waals surface area (Å²) in [6, 6.07) is 0. The third-order valence-electron chi connectivity index (χ3n) is 2.50. The second kappa shape index (κ2) is 3.50. The maximum absolute atomic E-state index is 13.2. The highest BCUT2D eigenvalue weighted by Crippen LogP contribution is 2.28. The molecule has 0 aromatic rings. The molecule has 3 N–H and O–H groups in total. The summed E-state index contributed by atoms with van der Waals surface area (Å²) in [5.41, 5.74) is 4.08. The zero-order chi connectivity index (χ0) is 8.32. The smallest absolute Gasteiger partial charge is 0.130 e. The minimum Gasteiger partial charge on any atom is -0.386 e. The molecule has 0 amide bonds. The summed E-state index contributed by atoms with van der Waals surface area (Å²) in [7, 11) is 0. The van der Waals surface area contributed by atoms with E-state index < -0.39 is 11.8 Å². The van der Waals surface area contributed by atoms with E-state index in [-0.39, 0.29) is 6.54 Å². The standard InChI is InChI=1S/C8H16FNO/c9-7-4-2-1-3-5-8(7,11)6-10/h7,11H,1-6,10H2. The van der Waals surface area contributed by atoms with E-state index in [1.165, 1.54) is 0 Å². The molecule has 0 heterocycles. The van der Waals surface area contributed by atoms with Gasteiger partial charge in [-0.2, -0.15) is 0 Å². The van der Waals surface area contributed by atoms with E-state index >= 15 is 0 Å². The van der Waals surface area contributed by atoms with Gasteiger partial charge < -0.3 is 10.8 Å². The Bertz CT molecular complexity index is 131. The molecule has 0 aromatic carbocycles. The molecule has 2 atom stereocenters. The van der Waals surface area contributed by atoms with Crippen LogP contribution in [0.15, 0.2) is 0 Å². The van der Waals surface area contributed by atoms with Crippen molar-refractivity contribution in [1.82, 2.24) is 0 Å². The van der Waals surface area contributed by atoms with Crippen molar-refractivity contribution in [2.45, 2.75) is 43.9 Å². The predicted octanol–water partition coefficient (Wildman–Crippen LogP) is 0.978. The summed E-state index contributed by atoms with van der Waals surface area (Å²) in [5, 5.41) is 9.63. The van der Waals surface area contributed by atoms with Crippen LogP contribution in [0.4, 0.5) is 4.39 Å². The van der Waals surface area contributed by atoms with Crippen molar-refractivity contribution < 1.29 is 9.50 Å². The lowest BCUT2D eigenvalue weighted by Crippen LogP contribution is -2.45. The van der Waals surface area contributed by atoms with E-state index in [0.29, 0.717) is 12.8 Å². The van der Waals surface area contributed by atoms with Gasteiger partial charge in [0.05, 0.1) is 0 Å². The van der Waals surface area contributed by atoms with Crippen LogP contribution in [0.3, 0.4) is 0 Å². The molecule has 66 valence electrons. The molecule has 1 saturated carbocycles. The normalized spacial score (nSPS) is 40.1. The number of aliphatic hydroxyl groups is 1. The molecule has 2 unspecified atom stereocenters.